The Bertz CT molecular complexity index is 769. The molecule has 2 fully saturated rings. The highest BCUT2D eigenvalue weighted by molar-refractivity contribution is 7.11. The minimum absolute atomic E-state index is 0.0159. The molecule has 3 heterocycles. The molecule has 0 atom stereocenters. The second-order valence-electron chi connectivity index (χ2n) is 7.54. The Morgan fingerprint density at radius 3 is 2.63 bits per heavy atom. The summed E-state index contributed by atoms with van der Waals surface area (Å²) in [6.45, 7) is 7.36. The van der Waals surface area contributed by atoms with E-state index in [4.69, 9.17) is 4.74 Å². The number of nitrogens with one attached hydrogen (secondary N) is 1. The van der Waals surface area contributed by atoms with E-state index in [1.165, 1.54) is 9.75 Å². The minimum atomic E-state index is -0.103. The molecule has 1 N–H and O–H groups in total. The van der Waals surface area contributed by atoms with E-state index in [0.29, 0.717) is 0 Å². The van der Waals surface area contributed by atoms with E-state index in [2.05, 4.69) is 29.3 Å². The van der Waals surface area contributed by atoms with Crippen molar-refractivity contribution in [2.75, 3.05) is 38.1 Å². The van der Waals surface area contributed by atoms with Crippen LogP contribution in [0.2, 0.25) is 0 Å². The van der Waals surface area contributed by atoms with E-state index in [1.807, 2.05) is 46.6 Å². The first-order valence-corrected chi connectivity index (χ1v) is 10.5. The van der Waals surface area contributed by atoms with E-state index in [9.17, 15) is 4.79 Å². The molecule has 144 valence electrons. The number of amides is 2. The minimum Gasteiger partial charge on any atom is -0.372 e. The van der Waals surface area contributed by atoms with Crippen LogP contribution < -0.4 is 5.32 Å². The van der Waals surface area contributed by atoms with Crippen molar-refractivity contribution < 1.29 is 9.53 Å². The molecule has 0 saturated carbocycles. The number of nitrogens with zero attached hydrogens (tertiary/aromatic N) is 2. The molecule has 0 radical (unpaired) electrons. The van der Waals surface area contributed by atoms with Gasteiger partial charge in [-0.25, -0.2) is 4.79 Å². The van der Waals surface area contributed by atoms with Crippen LogP contribution in [0.1, 0.15) is 22.6 Å². The normalized spacial score (nSPS) is 20.0. The predicted octanol–water partition coefficient (Wildman–Crippen LogP) is 3.96. The number of carbonyl (C=O) groups is 1. The van der Waals surface area contributed by atoms with Gasteiger partial charge in [0.25, 0.3) is 0 Å². The van der Waals surface area contributed by atoms with Crippen molar-refractivity contribution in [2.24, 2.45) is 0 Å². The van der Waals surface area contributed by atoms with Gasteiger partial charge in [0, 0.05) is 48.2 Å². The average Bonchev–Trinajstić information content (AvgIpc) is 3.08. The fraction of sp³-hybridized carbons (Fsp3) is 0.476. The Kier molecular flexibility index (Phi) is 5.48. The van der Waals surface area contributed by atoms with Gasteiger partial charge >= 0.3 is 6.03 Å². The molecule has 0 bridgehead atoms. The highest BCUT2D eigenvalue weighted by atomic mass is 32.1. The number of likely N-dealkylation sites (tertiary alicyclic amines) is 1. The molecule has 1 spiro atoms. The summed E-state index contributed by atoms with van der Waals surface area (Å²) in [6.07, 6.45) is 1.80. The van der Waals surface area contributed by atoms with E-state index >= 15 is 0 Å². The van der Waals surface area contributed by atoms with Gasteiger partial charge in [0.1, 0.15) is 0 Å². The summed E-state index contributed by atoms with van der Waals surface area (Å²) in [5.41, 5.74) is 0.739. The molecule has 0 unspecified atom stereocenters. The number of carbonyl (C=O) groups excluding carboxylic acids is 1. The molecular weight excluding hydrogens is 358 g/mol. The topological polar surface area (TPSA) is 44.8 Å². The van der Waals surface area contributed by atoms with Crippen LogP contribution in [0, 0.1) is 6.92 Å². The molecule has 1 aromatic heterocycles. The van der Waals surface area contributed by atoms with Crippen LogP contribution in [0.15, 0.2) is 42.5 Å². The van der Waals surface area contributed by atoms with Crippen LogP contribution in [0.3, 0.4) is 0 Å². The molecule has 2 aliphatic heterocycles. The number of aryl methyl sites for hydroxylation is 1. The molecule has 0 aliphatic carbocycles. The third-order valence-corrected chi connectivity index (χ3v) is 6.48. The Morgan fingerprint density at radius 1 is 1.15 bits per heavy atom. The SMILES string of the molecule is Cc1ccc(CN2CCOC3(CCN(C(=O)Nc4ccccc4)CC3)C2)s1. The van der Waals surface area contributed by atoms with Crippen LogP contribution >= 0.6 is 11.3 Å². The number of hydrogen-bond acceptors (Lipinski definition) is 4. The molecule has 27 heavy (non-hydrogen) atoms. The van der Waals surface area contributed by atoms with Crippen molar-refractivity contribution >= 4 is 23.1 Å². The Morgan fingerprint density at radius 2 is 1.93 bits per heavy atom. The maximum atomic E-state index is 12.5. The summed E-state index contributed by atoms with van der Waals surface area (Å²) >= 11 is 1.88. The number of benzene rings is 1. The smallest absolute Gasteiger partial charge is 0.321 e. The summed E-state index contributed by atoms with van der Waals surface area (Å²) in [4.78, 5) is 19.7. The summed E-state index contributed by atoms with van der Waals surface area (Å²) in [5.74, 6) is 0. The van der Waals surface area contributed by atoms with Gasteiger partial charge in [-0.15, -0.1) is 11.3 Å². The lowest BCUT2D eigenvalue weighted by atomic mass is 9.89. The zero-order chi connectivity index (χ0) is 18.7. The Labute approximate surface area is 164 Å². The number of rotatable bonds is 3. The third kappa shape index (κ3) is 4.51. The lowest BCUT2D eigenvalue weighted by molar-refractivity contribution is -0.133. The van der Waals surface area contributed by atoms with Gasteiger partial charge in [0.05, 0.1) is 12.2 Å². The molecule has 2 amide bonds. The Balaban J connectivity index is 1.31. The van der Waals surface area contributed by atoms with E-state index in [0.717, 1.165) is 57.9 Å². The number of ether oxygens (including phenoxy) is 1. The second-order valence-corrected chi connectivity index (χ2v) is 8.91. The number of morpholine rings is 1. The van der Waals surface area contributed by atoms with Gasteiger partial charge in [-0.1, -0.05) is 18.2 Å². The predicted molar refractivity (Wildman–Crippen MR) is 109 cm³/mol. The standard InChI is InChI=1S/C21H27N3O2S/c1-17-7-8-19(27-17)15-23-13-14-26-21(16-23)9-11-24(12-10-21)20(25)22-18-5-3-2-4-6-18/h2-8H,9-16H2,1H3,(H,22,25). The van der Waals surface area contributed by atoms with Gasteiger partial charge in [-0.3, -0.25) is 4.90 Å². The van der Waals surface area contributed by atoms with Crippen LogP contribution in [0.25, 0.3) is 0 Å². The summed E-state index contributed by atoms with van der Waals surface area (Å²) in [6, 6.07) is 14.1. The molecule has 4 rings (SSSR count). The van der Waals surface area contributed by atoms with Crippen LogP contribution in [0.4, 0.5) is 10.5 Å². The maximum absolute atomic E-state index is 12.5. The Hall–Kier alpha value is -1.89. The van der Waals surface area contributed by atoms with Gasteiger partial charge < -0.3 is 15.0 Å². The second kappa shape index (κ2) is 8.00. The monoisotopic (exact) mass is 385 g/mol. The van der Waals surface area contributed by atoms with Crippen molar-refractivity contribution in [3.05, 3.63) is 52.2 Å². The lowest BCUT2D eigenvalue weighted by Crippen LogP contribution is -2.57. The third-order valence-electron chi connectivity index (χ3n) is 5.49. The number of para-hydroxylation sites is 1. The first-order chi connectivity index (χ1) is 13.1. The number of urea groups is 1. The summed E-state index contributed by atoms with van der Waals surface area (Å²) in [5, 5.41) is 2.98. The van der Waals surface area contributed by atoms with Gasteiger partial charge in [-0.2, -0.15) is 0 Å². The largest absolute Gasteiger partial charge is 0.372 e. The molecule has 1 aromatic carbocycles. The highest BCUT2D eigenvalue weighted by Crippen LogP contribution is 2.31. The summed E-state index contributed by atoms with van der Waals surface area (Å²) < 4.78 is 6.23. The molecule has 6 heteroatoms. The van der Waals surface area contributed by atoms with Crippen LogP contribution in [0.5, 0.6) is 0 Å². The highest BCUT2D eigenvalue weighted by Gasteiger charge is 2.40. The van der Waals surface area contributed by atoms with Crippen molar-refractivity contribution in [2.45, 2.75) is 31.9 Å². The molecular formula is C21H27N3O2S. The molecule has 2 saturated heterocycles. The molecule has 2 aromatic rings. The van der Waals surface area contributed by atoms with Crippen LogP contribution in [-0.2, 0) is 11.3 Å². The number of piperidine rings is 1. The van der Waals surface area contributed by atoms with Crippen molar-refractivity contribution in [3.63, 3.8) is 0 Å². The quantitative estimate of drug-likeness (QED) is 0.870. The van der Waals surface area contributed by atoms with Gasteiger partial charge in [0.2, 0.25) is 0 Å². The summed E-state index contributed by atoms with van der Waals surface area (Å²) in [7, 11) is 0. The first kappa shape index (κ1) is 18.5. The van der Waals surface area contributed by atoms with Crippen molar-refractivity contribution in [1.82, 2.24) is 9.80 Å². The number of thiophene rings is 1. The zero-order valence-electron chi connectivity index (χ0n) is 15.8. The van der Waals surface area contributed by atoms with Crippen molar-refractivity contribution in [1.29, 1.82) is 0 Å². The van der Waals surface area contributed by atoms with Gasteiger partial charge in [0.15, 0.2) is 0 Å². The maximum Gasteiger partial charge on any atom is 0.321 e. The average molecular weight is 386 g/mol. The molecule has 5 nitrogen and oxygen atoms in total. The fourth-order valence-electron chi connectivity index (χ4n) is 3.99. The van der Waals surface area contributed by atoms with Crippen molar-refractivity contribution in [3.8, 4) is 0 Å². The van der Waals surface area contributed by atoms with E-state index in [1.54, 1.807) is 0 Å². The number of anilines is 1. The van der Waals surface area contributed by atoms with E-state index < -0.39 is 0 Å². The molecule has 2 aliphatic rings. The number of hydrogen-bond donors (Lipinski definition) is 1. The zero-order valence-corrected chi connectivity index (χ0v) is 16.6. The van der Waals surface area contributed by atoms with E-state index in [-0.39, 0.29) is 11.6 Å². The van der Waals surface area contributed by atoms with Crippen LogP contribution in [-0.4, -0.2) is 54.2 Å². The van der Waals surface area contributed by atoms with Gasteiger partial charge in [-0.05, 0) is 44.0 Å². The lowest BCUT2D eigenvalue weighted by Gasteiger charge is -2.47. The first-order valence-electron chi connectivity index (χ1n) is 9.65. The fourth-order valence-corrected chi connectivity index (χ4v) is 4.93.